The zero-order valence-electron chi connectivity index (χ0n) is 29.4. The fourth-order valence-electron chi connectivity index (χ4n) is 8.42. The fourth-order valence-corrected chi connectivity index (χ4v) is 8.42. The van der Waals surface area contributed by atoms with Crippen LogP contribution in [-0.2, 0) is 16.2 Å². The van der Waals surface area contributed by atoms with E-state index in [4.69, 9.17) is 4.84 Å². The number of carbonyl (C=O) groups excluding carboxylic acids is 2. The van der Waals surface area contributed by atoms with Gasteiger partial charge in [0.2, 0.25) is 5.91 Å². The Bertz CT molecular complexity index is 1410. The quantitative estimate of drug-likeness (QED) is 0.271. The van der Waals surface area contributed by atoms with Crippen LogP contribution >= 0.6 is 0 Å². The number of carbonyl (C=O) groups is 2. The Morgan fingerprint density at radius 1 is 1.06 bits per heavy atom. The van der Waals surface area contributed by atoms with Crippen molar-refractivity contribution in [2.24, 2.45) is 35.0 Å². The molecule has 0 aromatic heterocycles. The lowest BCUT2D eigenvalue weighted by atomic mass is 9.45. The van der Waals surface area contributed by atoms with Crippen LogP contribution in [0.25, 0.3) is 11.1 Å². The van der Waals surface area contributed by atoms with Gasteiger partial charge in [0, 0.05) is 30.1 Å². The van der Waals surface area contributed by atoms with E-state index in [0.717, 1.165) is 29.7 Å². The molecule has 3 saturated carbocycles. The molecule has 258 valence electrons. The molecule has 1 aliphatic heterocycles. The number of nitrogens with zero attached hydrogens (tertiary/aromatic N) is 2. The van der Waals surface area contributed by atoms with Gasteiger partial charge in [-0.05, 0) is 97.8 Å². The van der Waals surface area contributed by atoms with Crippen molar-refractivity contribution in [3.05, 3.63) is 59.7 Å². The van der Waals surface area contributed by atoms with E-state index >= 15 is 0 Å². The summed E-state index contributed by atoms with van der Waals surface area (Å²) in [6.45, 7) is 13.6. The van der Waals surface area contributed by atoms with Gasteiger partial charge in [-0.3, -0.25) is 14.4 Å². The van der Waals surface area contributed by atoms with Crippen molar-refractivity contribution >= 4 is 11.8 Å². The summed E-state index contributed by atoms with van der Waals surface area (Å²) in [7, 11) is 4.01. The third kappa shape index (κ3) is 7.44. The maximum Gasteiger partial charge on any atom is 0.251 e. The highest BCUT2D eigenvalue weighted by Crippen LogP contribution is 2.61. The highest BCUT2D eigenvalue weighted by atomic mass is 16.7. The van der Waals surface area contributed by atoms with Crippen LogP contribution in [0.4, 0.5) is 0 Å². The molecule has 4 N–H and O–H groups in total. The first kappa shape index (κ1) is 35.5. The van der Waals surface area contributed by atoms with Gasteiger partial charge in [0.1, 0.15) is 12.1 Å². The summed E-state index contributed by atoms with van der Waals surface area (Å²) >= 11 is 0. The van der Waals surface area contributed by atoms with E-state index < -0.39 is 24.2 Å². The zero-order valence-corrected chi connectivity index (χ0v) is 29.4. The second kappa shape index (κ2) is 14.3. The average Bonchev–Trinajstić information content (AvgIpc) is 3.39. The van der Waals surface area contributed by atoms with Crippen molar-refractivity contribution in [1.29, 1.82) is 0 Å². The fraction of sp³-hybridized carbons (Fsp3) is 0.632. The van der Waals surface area contributed by atoms with Crippen LogP contribution in [0.3, 0.4) is 0 Å². The van der Waals surface area contributed by atoms with E-state index in [0.29, 0.717) is 41.2 Å². The Kier molecular flexibility index (Phi) is 10.8. The first-order valence-electron chi connectivity index (χ1n) is 17.4. The Balaban J connectivity index is 1.33. The first-order valence-corrected chi connectivity index (χ1v) is 17.4. The largest absolute Gasteiger partial charge is 0.394 e. The lowest BCUT2D eigenvalue weighted by Crippen LogP contribution is -2.62. The number of nitrogens with one attached hydrogen (secondary N) is 2. The zero-order chi connectivity index (χ0) is 34.2. The SMILES string of the molecule is CC(C)[C@H](CN(C)C)NC(=O)c1cccc(-c2cccc(CN3O[C@@H](CO)[C@@H]([C@H](C)O)[C@H]3C(=O)N[C@H]3C[C@@H]4C[C@H]([C@@H]3C)C4(C)C)c2)c1. The summed E-state index contributed by atoms with van der Waals surface area (Å²) in [5, 5.41) is 29.2. The molecular formula is C38H56N4O5. The van der Waals surface area contributed by atoms with Crippen molar-refractivity contribution < 1.29 is 24.6 Å². The van der Waals surface area contributed by atoms with Gasteiger partial charge in [-0.25, -0.2) is 0 Å². The molecule has 2 aromatic rings. The van der Waals surface area contributed by atoms with Crippen LogP contribution in [0.2, 0.25) is 0 Å². The van der Waals surface area contributed by atoms with E-state index in [2.05, 4.69) is 50.2 Å². The van der Waals surface area contributed by atoms with E-state index in [1.54, 1.807) is 12.0 Å². The smallest absolute Gasteiger partial charge is 0.251 e. The summed E-state index contributed by atoms with van der Waals surface area (Å²) in [5.74, 6) is 1.01. The maximum absolute atomic E-state index is 14.0. The molecule has 0 unspecified atom stereocenters. The number of hydrogen-bond acceptors (Lipinski definition) is 7. The molecule has 4 fully saturated rings. The third-order valence-corrected chi connectivity index (χ3v) is 11.5. The Hall–Kier alpha value is -2.82. The van der Waals surface area contributed by atoms with Gasteiger partial charge in [0.25, 0.3) is 5.91 Å². The summed E-state index contributed by atoms with van der Waals surface area (Å²) < 4.78 is 0. The Labute approximate surface area is 281 Å². The van der Waals surface area contributed by atoms with Crippen molar-refractivity contribution in [3.63, 3.8) is 0 Å². The van der Waals surface area contributed by atoms with Crippen molar-refractivity contribution in [2.45, 2.75) is 91.3 Å². The second-order valence-corrected chi connectivity index (χ2v) is 15.6. The monoisotopic (exact) mass is 648 g/mol. The topological polar surface area (TPSA) is 114 Å². The number of aliphatic hydroxyl groups is 2. The van der Waals surface area contributed by atoms with Crippen molar-refractivity contribution in [2.75, 3.05) is 27.2 Å². The number of fused-ring (bicyclic) bond motifs is 2. The van der Waals surface area contributed by atoms with Crippen LogP contribution in [0, 0.1) is 35.0 Å². The van der Waals surface area contributed by atoms with E-state index in [9.17, 15) is 19.8 Å². The predicted molar refractivity (Wildman–Crippen MR) is 184 cm³/mol. The molecule has 47 heavy (non-hydrogen) atoms. The molecule has 9 heteroatoms. The number of hydroxylamine groups is 2. The van der Waals surface area contributed by atoms with Crippen LogP contribution in [0.1, 0.15) is 70.3 Å². The highest BCUT2D eigenvalue weighted by Gasteiger charge is 2.57. The highest BCUT2D eigenvalue weighted by molar-refractivity contribution is 5.95. The summed E-state index contributed by atoms with van der Waals surface area (Å²) in [6, 6.07) is 15.0. The van der Waals surface area contributed by atoms with Crippen molar-refractivity contribution in [3.8, 4) is 11.1 Å². The molecule has 3 aliphatic carbocycles. The van der Waals surface area contributed by atoms with Gasteiger partial charge in [-0.1, -0.05) is 65.0 Å². The number of likely N-dealkylation sites (N-methyl/N-ethyl adjacent to an activating group) is 1. The molecule has 1 heterocycles. The van der Waals surface area contributed by atoms with Crippen LogP contribution in [0.15, 0.2) is 48.5 Å². The molecule has 2 bridgehead atoms. The number of benzene rings is 2. The molecule has 1 saturated heterocycles. The number of aliphatic hydroxyl groups excluding tert-OH is 2. The molecule has 0 radical (unpaired) electrons. The summed E-state index contributed by atoms with van der Waals surface area (Å²) in [5.41, 5.74) is 3.67. The van der Waals surface area contributed by atoms with Crippen LogP contribution in [0.5, 0.6) is 0 Å². The van der Waals surface area contributed by atoms with Gasteiger partial charge < -0.3 is 25.7 Å². The second-order valence-electron chi connectivity index (χ2n) is 15.6. The Morgan fingerprint density at radius 3 is 2.34 bits per heavy atom. The standard InChI is InChI=1S/C38H56N4O5/c1-22(2)32(20-41(7)8)40-36(45)28-14-10-13-27(16-28)26-12-9-11-25(15-26)19-42-35(34(24(4)44)33(21-43)47-42)37(46)39-31-18-29-17-30(23(31)3)38(29,5)6/h9-16,22-24,29-35,43-44H,17-21H2,1-8H3,(H,39,46)(H,40,45)/t23-,24-,29-,30+,31-,32-,33-,34+,35-/m0/s1. The lowest BCUT2D eigenvalue weighted by Gasteiger charge is -2.62. The lowest BCUT2D eigenvalue weighted by molar-refractivity contribution is -0.183. The van der Waals surface area contributed by atoms with E-state index in [1.165, 1.54) is 6.42 Å². The van der Waals surface area contributed by atoms with E-state index in [-0.39, 0.29) is 30.5 Å². The molecular weight excluding hydrogens is 592 g/mol. The number of rotatable bonds is 12. The third-order valence-electron chi connectivity index (χ3n) is 11.5. The van der Waals surface area contributed by atoms with Gasteiger partial charge >= 0.3 is 0 Å². The predicted octanol–water partition coefficient (Wildman–Crippen LogP) is 4.33. The molecule has 9 atom stereocenters. The maximum atomic E-state index is 14.0. The summed E-state index contributed by atoms with van der Waals surface area (Å²) in [4.78, 5) is 35.5. The summed E-state index contributed by atoms with van der Waals surface area (Å²) in [6.07, 6.45) is 0.639. The minimum atomic E-state index is -0.850. The first-order chi connectivity index (χ1) is 22.2. The minimum absolute atomic E-state index is 0.0298. The number of hydrogen-bond donors (Lipinski definition) is 4. The average molecular weight is 649 g/mol. The molecule has 4 aliphatic rings. The van der Waals surface area contributed by atoms with Crippen molar-refractivity contribution in [1.82, 2.24) is 20.6 Å². The molecule has 6 rings (SSSR count). The van der Waals surface area contributed by atoms with E-state index in [1.807, 2.05) is 62.6 Å². The Morgan fingerprint density at radius 2 is 1.74 bits per heavy atom. The molecule has 2 aromatic carbocycles. The van der Waals surface area contributed by atoms with Gasteiger partial charge in [-0.15, -0.1) is 0 Å². The molecule has 9 nitrogen and oxygen atoms in total. The van der Waals surface area contributed by atoms with Gasteiger partial charge in [0.15, 0.2) is 0 Å². The van der Waals surface area contributed by atoms with Crippen LogP contribution in [-0.4, -0.2) is 89.6 Å². The minimum Gasteiger partial charge on any atom is -0.394 e. The molecule has 0 spiro atoms. The normalized spacial score (nSPS) is 29.7. The number of amides is 2. The van der Waals surface area contributed by atoms with Gasteiger partial charge in [0.05, 0.1) is 19.3 Å². The van der Waals surface area contributed by atoms with Gasteiger partial charge in [-0.2, -0.15) is 5.06 Å². The molecule has 2 amide bonds. The van der Waals surface area contributed by atoms with Crippen LogP contribution < -0.4 is 10.6 Å².